The number of hydrogen-bond donors (Lipinski definition) is 0. The molecule has 2 rings (SSSR count). The highest BCUT2D eigenvalue weighted by atomic mass is 32.1. The Bertz CT molecular complexity index is 450. The van der Waals surface area contributed by atoms with Crippen molar-refractivity contribution in [1.82, 2.24) is 4.98 Å². The maximum atomic E-state index is 10.5. The highest BCUT2D eigenvalue weighted by Crippen LogP contribution is 2.20. The number of thiophene rings is 1. The fraction of sp³-hybridized carbons (Fsp3) is 0.273. The first kappa shape index (κ1) is 11.3. The van der Waals surface area contributed by atoms with Gasteiger partial charge in [0, 0.05) is 18.5 Å². The van der Waals surface area contributed by atoms with E-state index in [0.29, 0.717) is 4.88 Å². The van der Waals surface area contributed by atoms with E-state index in [9.17, 15) is 4.79 Å². The maximum absolute atomic E-state index is 10.5. The minimum atomic E-state index is 0.679. The highest BCUT2D eigenvalue weighted by Gasteiger charge is 2.06. The Morgan fingerprint density at radius 2 is 2.44 bits per heavy atom. The molecule has 0 spiro atoms. The third-order valence-electron chi connectivity index (χ3n) is 2.23. The number of rotatable bonds is 5. The summed E-state index contributed by atoms with van der Waals surface area (Å²) in [5.74, 6) is 0. The predicted molar refractivity (Wildman–Crippen MR) is 68.8 cm³/mol. The first-order chi connectivity index (χ1) is 7.79. The van der Waals surface area contributed by atoms with E-state index in [4.69, 9.17) is 0 Å². The average Bonchev–Trinajstić information content (AvgIpc) is 2.96. The van der Waals surface area contributed by atoms with Crippen LogP contribution in [0.4, 0.5) is 5.13 Å². The first-order valence-electron chi connectivity index (χ1n) is 4.94. The first-order valence-corrected chi connectivity index (χ1v) is 6.64. The number of likely N-dealkylation sites (N-methyl/N-ethyl adjacent to an activating group) is 1. The Balaban J connectivity index is 1.92. The SMILES string of the molecule is CN(CCc1cccs1)c1ncc(C=O)s1. The summed E-state index contributed by atoms with van der Waals surface area (Å²) in [7, 11) is 2.00. The molecule has 0 aliphatic heterocycles. The molecule has 0 saturated carbocycles. The minimum absolute atomic E-state index is 0.679. The van der Waals surface area contributed by atoms with Gasteiger partial charge in [0.15, 0.2) is 11.4 Å². The van der Waals surface area contributed by atoms with Gasteiger partial charge in [-0.3, -0.25) is 4.79 Å². The van der Waals surface area contributed by atoms with E-state index in [1.54, 1.807) is 17.5 Å². The topological polar surface area (TPSA) is 33.2 Å². The van der Waals surface area contributed by atoms with Gasteiger partial charge in [0.25, 0.3) is 0 Å². The second-order valence-corrected chi connectivity index (χ2v) is 5.49. The molecule has 0 aliphatic rings. The number of hydrogen-bond acceptors (Lipinski definition) is 5. The fourth-order valence-electron chi connectivity index (χ4n) is 1.34. The molecule has 0 bridgehead atoms. The number of anilines is 1. The smallest absolute Gasteiger partial charge is 0.185 e. The summed E-state index contributed by atoms with van der Waals surface area (Å²) in [6, 6.07) is 4.20. The standard InChI is InChI=1S/C11H12N2OS2/c1-13(5-4-9-3-2-6-15-9)11-12-7-10(8-14)16-11/h2-3,6-8H,4-5H2,1H3. The Labute approximate surface area is 102 Å². The molecule has 5 heteroatoms. The summed E-state index contributed by atoms with van der Waals surface area (Å²) in [6.07, 6.45) is 3.48. The summed E-state index contributed by atoms with van der Waals surface area (Å²) < 4.78 is 0. The lowest BCUT2D eigenvalue weighted by atomic mass is 10.3. The Morgan fingerprint density at radius 3 is 3.06 bits per heavy atom. The molecule has 2 aromatic rings. The van der Waals surface area contributed by atoms with Gasteiger partial charge in [-0.25, -0.2) is 4.98 Å². The van der Waals surface area contributed by atoms with Gasteiger partial charge in [0.05, 0.1) is 11.1 Å². The number of aldehydes is 1. The van der Waals surface area contributed by atoms with Gasteiger partial charge in [-0.15, -0.1) is 11.3 Å². The van der Waals surface area contributed by atoms with Crippen molar-refractivity contribution in [1.29, 1.82) is 0 Å². The zero-order valence-electron chi connectivity index (χ0n) is 8.92. The van der Waals surface area contributed by atoms with Gasteiger partial charge < -0.3 is 4.90 Å². The van der Waals surface area contributed by atoms with Crippen LogP contribution in [0.25, 0.3) is 0 Å². The molecule has 0 atom stereocenters. The largest absolute Gasteiger partial charge is 0.351 e. The van der Waals surface area contributed by atoms with Crippen LogP contribution >= 0.6 is 22.7 Å². The van der Waals surface area contributed by atoms with Crippen molar-refractivity contribution in [2.24, 2.45) is 0 Å². The van der Waals surface area contributed by atoms with Crippen molar-refractivity contribution < 1.29 is 4.79 Å². The summed E-state index contributed by atoms with van der Waals surface area (Å²) in [6.45, 7) is 0.923. The molecule has 0 amide bonds. The van der Waals surface area contributed by atoms with E-state index in [1.165, 1.54) is 16.2 Å². The summed E-state index contributed by atoms with van der Waals surface area (Å²) in [4.78, 5) is 18.9. The Morgan fingerprint density at radius 1 is 1.56 bits per heavy atom. The molecule has 0 saturated heterocycles. The fourth-order valence-corrected chi connectivity index (χ4v) is 2.75. The van der Waals surface area contributed by atoms with Crippen LogP contribution < -0.4 is 4.90 Å². The molecule has 0 N–H and O–H groups in total. The van der Waals surface area contributed by atoms with E-state index in [-0.39, 0.29) is 0 Å². The quantitative estimate of drug-likeness (QED) is 0.767. The molecule has 0 fully saturated rings. The third kappa shape index (κ3) is 2.68. The van der Waals surface area contributed by atoms with E-state index in [1.807, 2.05) is 7.05 Å². The zero-order chi connectivity index (χ0) is 11.4. The van der Waals surface area contributed by atoms with Crippen LogP contribution in [0.5, 0.6) is 0 Å². The highest BCUT2D eigenvalue weighted by molar-refractivity contribution is 7.17. The van der Waals surface area contributed by atoms with Gasteiger partial charge in [0.1, 0.15) is 0 Å². The minimum Gasteiger partial charge on any atom is -0.351 e. The van der Waals surface area contributed by atoms with Crippen molar-refractivity contribution >= 4 is 34.1 Å². The van der Waals surface area contributed by atoms with Crippen LogP contribution in [0, 0.1) is 0 Å². The van der Waals surface area contributed by atoms with Crippen molar-refractivity contribution in [3.8, 4) is 0 Å². The molecule has 0 aliphatic carbocycles. The molecule has 2 heterocycles. The molecule has 0 radical (unpaired) electrons. The Hall–Kier alpha value is -1.20. The summed E-state index contributed by atoms with van der Waals surface area (Å²) in [5.41, 5.74) is 0. The molecular weight excluding hydrogens is 240 g/mol. The van der Waals surface area contributed by atoms with Crippen LogP contribution in [0.3, 0.4) is 0 Å². The average molecular weight is 252 g/mol. The molecule has 2 aromatic heterocycles. The zero-order valence-corrected chi connectivity index (χ0v) is 10.6. The van der Waals surface area contributed by atoms with Gasteiger partial charge in [0.2, 0.25) is 0 Å². The van der Waals surface area contributed by atoms with E-state index in [2.05, 4.69) is 27.4 Å². The monoisotopic (exact) mass is 252 g/mol. The number of nitrogens with zero attached hydrogens (tertiary/aromatic N) is 2. The molecule has 16 heavy (non-hydrogen) atoms. The molecule has 0 aromatic carbocycles. The van der Waals surface area contributed by atoms with Crippen LogP contribution in [0.1, 0.15) is 14.5 Å². The van der Waals surface area contributed by atoms with E-state index >= 15 is 0 Å². The number of thiazole rings is 1. The van der Waals surface area contributed by atoms with E-state index < -0.39 is 0 Å². The number of carbonyl (C=O) groups is 1. The van der Waals surface area contributed by atoms with Crippen LogP contribution in [0.2, 0.25) is 0 Å². The summed E-state index contributed by atoms with van der Waals surface area (Å²) >= 11 is 3.20. The lowest BCUT2D eigenvalue weighted by Crippen LogP contribution is -2.19. The lowest BCUT2D eigenvalue weighted by Gasteiger charge is -2.14. The van der Waals surface area contributed by atoms with Gasteiger partial charge in [-0.2, -0.15) is 0 Å². The lowest BCUT2D eigenvalue weighted by molar-refractivity contribution is 0.112. The third-order valence-corrected chi connectivity index (χ3v) is 4.20. The molecule has 84 valence electrons. The molecule has 0 unspecified atom stereocenters. The Kier molecular flexibility index (Phi) is 3.69. The molecular formula is C11H12N2OS2. The number of aromatic nitrogens is 1. The van der Waals surface area contributed by atoms with Crippen molar-refractivity contribution in [2.75, 3.05) is 18.5 Å². The second-order valence-electron chi connectivity index (χ2n) is 3.41. The summed E-state index contributed by atoms with van der Waals surface area (Å²) in [5, 5.41) is 2.99. The number of carbonyl (C=O) groups excluding carboxylic acids is 1. The van der Waals surface area contributed by atoms with Crippen molar-refractivity contribution in [2.45, 2.75) is 6.42 Å². The maximum Gasteiger partial charge on any atom is 0.185 e. The van der Waals surface area contributed by atoms with Gasteiger partial charge in [-0.1, -0.05) is 17.4 Å². The van der Waals surface area contributed by atoms with Gasteiger partial charge in [-0.05, 0) is 17.9 Å². The van der Waals surface area contributed by atoms with Crippen LogP contribution in [0.15, 0.2) is 23.7 Å². The predicted octanol–water partition coefficient (Wildman–Crippen LogP) is 2.70. The van der Waals surface area contributed by atoms with E-state index in [0.717, 1.165) is 24.4 Å². The van der Waals surface area contributed by atoms with Gasteiger partial charge >= 0.3 is 0 Å². The normalized spacial score (nSPS) is 10.3. The van der Waals surface area contributed by atoms with Crippen molar-refractivity contribution in [3.05, 3.63) is 33.5 Å². The van der Waals surface area contributed by atoms with Crippen molar-refractivity contribution in [3.63, 3.8) is 0 Å². The second kappa shape index (κ2) is 5.23. The molecule has 3 nitrogen and oxygen atoms in total. The van der Waals surface area contributed by atoms with Crippen LogP contribution in [-0.2, 0) is 6.42 Å². The van der Waals surface area contributed by atoms with Crippen LogP contribution in [-0.4, -0.2) is 24.9 Å².